The lowest BCUT2D eigenvalue weighted by molar-refractivity contribution is -0.138. The molecule has 1 aromatic carbocycles. The fourth-order valence-electron chi connectivity index (χ4n) is 2.10. The van der Waals surface area contributed by atoms with Crippen LogP contribution < -0.4 is 0 Å². The van der Waals surface area contributed by atoms with Gasteiger partial charge in [-0.1, -0.05) is 12.1 Å². The lowest BCUT2D eigenvalue weighted by Crippen LogP contribution is -2.10. The number of fused-ring (bicyclic) bond motifs is 1. The number of alkyl halides is 6. The van der Waals surface area contributed by atoms with E-state index in [0.29, 0.717) is 0 Å². The molecular formula is C14H7F6N3. The number of nitrogens with zero attached hydrogens (tertiary/aromatic N) is 3. The van der Waals surface area contributed by atoms with Gasteiger partial charge in [0.2, 0.25) is 0 Å². The molecule has 0 saturated heterocycles. The summed E-state index contributed by atoms with van der Waals surface area (Å²) in [6, 6.07) is 4.51. The van der Waals surface area contributed by atoms with Crippen molar-refractivity contribution in [2.45, 2.75) is 12.4 Å². The largest absolute Gasteiger partial charge is 0.420 e. The lowest BCUT2D eigenvalue weighted by atomic mass is 10.1. The van der Waals surface area contributed by atoms with Crippen molar-refractivity contribution in [1.29, 1.82) is 0 Å². The molecule has 0 saturated carbocycles. The van der Waals surface area contributed by atoms with Gasteiger partial charge in [0.15, 0.2) is 5.65 Å². The van der Waals surface area contributed by atoms with Crippen LogP contribution in [0.2, 0.25) is 0 Å². The van der Waals surface area contributed by atoms with Crippen LogP contribution in [0.25, 0.3) is 16.9 Å². The van der Waals surface area contributed by atoms with E-state index in [4.69, 9.17) is 0 Å². The Morgan fingerprint density at radius 2 is 1.52 bits per heavy atom. The number of halogens is 6. The van der Waals surface area contributed by atoms with E-state index in [2.05, 4.69) is 10.1 Å². The van der Waals surface area contributed by atoms with Crippen LogP contribution >= 0.6 is 0 Å². The predicted molar refractivity (Wildman–Crippen MR) is 68.4 cm³/mol. The summed E-state index contributed by atoms with van der Waals surface area (Å²) in [6.45, 7) is 0. The normalized spacial score (nSPS) is 12.8. The van der Waals surface area contributed by atoms with Gasteiger partial charge in [0.25, 0.3) is 0 Å². The van der Waals surface area contributed by atoms with Crippen LogP contribution in [0.15, 0.2) is 42.7 Å². The second-order valence-corrected chi connectivity index (χ2v) is 4.71. The molecule has 0 aliphatic rings. The van der Waals surface area contributed by atoms with Crippen molar-refractivity contribution in [1.82, 2.24) is 14.6 Å². The molecule has 0 radical (unpaired) electrons. The number of aromatic nitrogens is 3. The quantitative estimate of drug-likeness (QED) is 0.617. The van der Waals surface area contributed by atoms with Gasteiger partial charge < -0.3 is 0 Å². The average molecular weight is 331 g/mol. The van der Waals surface area contributed by atoms with Crippen LogP contribution in [-0.4, -0.2) is 14.6 Å². The number of hydrogen-bond acceptors (Lipinski definition) is 2. The molecule has 2 aromatic heterocycles. The van der Waals surface area contributed by atoms with Gasteiger partial charge in [-0.05, 0) is 18.2 Å². The van der Waals surface area contributed by atoms with E-state index < -0.39 is 23.5 Å². The molecule has 0 aliphatic carbocycles. The Labute approximate surface area is 125 Å². The Kier molecular flexibility index (Phi) is 3.31. The van der Waals surface area contributed by atoms with E-state index in [1.807, 2.05) is 0 Å². The van der Waals surface area contributed by atoms with E-state index in [0.717, 1.165) is 41.0 Å². The van der Waals surface area contributed by atoms with Crippen LogP contribution in [0, 0.1) is 0 Å². The van der Waals surface area contributed by atoms with Gasteiger partial charge >= 0.3 is 12.4 Å². The zero-order valence-corrected chi connectivity index (χ0v) is 11.2. The maximum absolute atomic E-state index is 13.1. The van der Waals surface area contributed by atoms with Crippen molar-refractivity contribution in [3.8, 4) is 11.3 Å². The molecule has 120 valence electrons. The minimum Gasteiger partial charge on any atom is -0.235 e. The molecular weight excluding hydrogens is 324 g/mol. The van der Waals surface area contributed by atoms with Gasteiger partial charge in [0.05, 0.1) is 11.3 Å². The highest BCUT2D eigenvalue weighted by atomic mass is 19.4. The first kappa shape index (κ1) is 15.3. The van der Waals surface area contributed by atoms with Crippen LogP contribution in [0.4, 0.5) is 26.3 Å². The number of rotatable bonds is 1. The number of imidazole rings is 1. The summed E-state index contributed by atoms with van der Waals surface area (Å²) in [7, 11) is 0. The first-order valence-electron chi connectivity index (χ1n) is 6.25. The zero-order valence-electron chi connectivity index (χ0n) is 11.2. The summed E-state index contributed by atoms with van der Waals surface area (Å²) in [5.74, 6) is 0. The van der Waals surface area contributed by atoms with E-state index in [9.17, 15) is 26.3 Å². The average Bonchev–Trinajstić information content (AvgIpc) is 2.92. The molecule has 3 nitrogen and oxygen atoms in total. The molecule has 0 unspecified atom stereocenters. The van der Waals surface area contributed by atoms with E-state index >= 15 is 0 Å². The second kappa shape index (κ2) is 4.97. The van der Waals surface area contributed by atoms with Gasteiger partial charge in [0, 0.05) is 18.0 Å². The van der Waals surface area contributed by atoms with Crippen molar-refractivity contribution in [3.63, 3.8) is 0 Å². The second-order valence-electron chi connectivity index (χ2n) is 4.71. The monoisotopic (exact) mass is 331 g/mol. The van der Waals surface area contributed by atoms with Crippen molar-refractivity contribution in [2.24, 2.45) is 0 Å². The number of hydrogen-bond donors (Lipinski definition) is 0. The molecule has 2 heterocycles. The molecule has 0 N–H and O–H groups in total. The fourth-order valence-corrected chi connectivity index (χ4v) is 2.10. The molecule has 0 aliphatic heterocycles. The maximum Gasteiger partial charge on any atom is 0.420 e. The van der Waals surface area contributed by atoms with Crippen molar-refractivity contribution in [3.05, 3.63) is 53.9 Å². The third kappa shape index (κ3) is 2.86. The lowest BCUT2D eigenvalue weighted by Gasteiger charge is -2.11. The molecule has 23 heavy (non-hydrogen) atoms. The predicted octanol–water partition coefficient (Wildman–Crippen LogP) is 4.43. The van der Waals surface area contributed by atoms with Gasteiger partial charge in [-0.15, -0.1) is 0 Å². The maximum atomic E-state index is 13.1. The smallest absolute Gasteiger partial charge is 0.235 e. The minimum absolute atomic E-state index is 0.100. The van der Waals surface area contributed by atoms with Crippen molar-refractivity contribution < 1.29 is 26.3 Å². The van der Waals surface area contributed by atoms with E-state index in [-0.39, 0.29) is 16.9 Å². The molecule has 0 fully saturated rings. The highest BCUT2D eigenvalue weighted by Crippen LogP contribution is 2.35. The topological polar surface area (TPSA) is 30.2 Å². The Bertz CT molecular complexity index is 846. The van der Waals surface area contributed by atoms with Gasteiger partial charge in [0.1, 0.15) is 5.56 Å². The summed E-state index contributed by atoms with van der Waals surface area (Å²) >= 11 is 0. The summed E-state index contributed by atoms with van der Waals surface area (Å²) in [5, 5.41) is 3.94. The molecule has 3 rings (SSSR count). The third-order valence-electron chi connectivity index (χ3n) is 3.17. The fraction of sp³-hybridized carbons (Fsp3) is 0.143. The van der Waals surface area contributed by atoms with E-state index in [1.165, 1.54) is 6.20 Å². The molecule has 0 amide bonds. The van der Waals surface area contributed by atoms with E-state index in [1.54, 1.807) is 0 Å². The third-order valence-corrected chi connectivity index (χ3v) is 3.17. The highest BCUT2D eigenvalue weighted by molar-refractivity contribution is 5.63. The van der Waals surface area contributed by atoms with Gasteiger partial charge in [-0.3, -0.25) is 0 Å². The Morgan fingerprint density at radius 1 is 0.870 bits per heavy atom. The molecule has 0 atom stereocenters. The number of benzene rings is 1. The van der Waals surface area contributed by atoms with Crippen molar-refractivity contribution >= 4 is 5.65 Å². The summed E-state index contributed by atoms with van der Waals surface area (Å²) in [4.78, 5) is 3.60. The Morgan fingerprint density at radius 3 is 2.09 bits per heavy atom. The van der Waals surface area contributed by atoms with Crippen LogP contribution in [-0.2, 0) is 12.4 Å². The van der Waals surface area contributed by atoms with Gasteiger partial charge in [-0.2, -0.15) is 31.4 Å². The highest BCUT2D eigenvalue weighted by Gasteiger charge is 2.35. The molecule has 3 aromatic rings. The standard InChI is InChI=1S/C14H7F6N3/c15-13(16,17)9-3-1-8(2-4-9)11-7-10(14(18,19)20)12-21-5-6-23(12)22-11/h1-7H. The summed E-state index contributed by atoms with van der Waals surface area (Å²) in [6.07, 6.45) is -6.78. The van der Waals surface area contributed by atoms with Gasteiger partial charge in [-0.25, -0.2) is 9.50 Å². The first-order chi connectivity index (χ1) is 10.7. The SMILES string of the molecule is FC(F)(F)c1ccc(-c2cc(C(F)(F)F)c3nccn3n2)cc1. The molecule has 0 bridgehead atoms. The first-order valence-corrected chi connectivity index (χ1v) is 6.25. The zero-order chi connectivity index (χ0) is 16.8. The Balaban J connectivity index is 2.13. The van der Waals surface area contributed by atoms with Crippen molar-refractivity contribution in [2.75, 3.05) is 0 Å². The van der Waals surface area contributed by atoms with Crippen LogP contribution in [0.1, 0.15) is 11.1 Å². The van der Waals surface area contributed by atoms with Crippen LogP contribution in [0.5, 0.6) is 0 Å². The minimum atomic E-state index is -4.66. The molecule has 9 heteroatoms. The summed E-state index contributed by atoms with van der Waals surface area (Å²) in [5.41, 5.74) is -2.22. The molecule has 0 spiro atoms. The summed E-state index contributed by atoms with van der Waals surface area (Å²) < 4.78 is 77.8. The van der Waals surface area contributed by atoms with Crippen LogP contribution in [0.3, 0.4) is 0 Å². The Hall–Kier alpha value is -2.58.